The first kappa shape index (κ1) is 26.3. The van der Waals surface area contributed by atoms with Gasteiger partial charge in [-0.25, -0.2) is 14.8 Å². The fourth-order valence-corrected chi connectivity index (χ4v) is 3.72. The van der Waals surface area contributed by atoms with Gasteiger partial charge in [-0.1, -0.05) is 13.8 Å². The fraction of sp³-hybridized carbons (Fsp3) is 0.375. The van der Waals surface area contributed by atoms with Crippen LogP contribution in [-0.4, -0.2) is 48.7 Å². The van der Waals surface area contributed by atoms with Crippen LogP contribution in [0.1, 0.15) is 55.6 Å². The number of anilines is 2. The largest absolute Gasteiger partial charge is 0.480 e. The van der Waals surface area contributed by atoms with E-state index in [0.29, 0.717) is 24.2 Å². The average molecular weight is 496 g/mol. The lowest BCUT2D eigenvalue weighted by atomic mass is 9.94. The molecule has 0 aliphatic carbocycles. The minimum atomic E-state index is -1.19. The summed E-state index contributed by atoms with van der Waals surface area (Å²) in [6, 6.07) is 5.26. The van der Waals surface area contributed by atoms with Gasteiger partial charge in [-0.2, -0.15) is 4.98 Å². The third-order valence-corrected chi connectivity index (χ3v) is 5.83. The van der Waals surface area contributed by atoms with Crippen LogP contribution in [0.4, 0.5) is 11.6 Å². The van der Waals surface area contributed by atoms with E-state index < -0.39 is 23.5 Å². The minimum Gasteiger partial charge on any atom is -0.480 e. The van der Waals surface area contributed by atoms with Crippen LogP contribution in [0.25, 0.3) is 11.2 Å². The number of nitrogens with two attached hydrogens (primary N) is 1. The smallest absolute Gasteiger partial charge is 0.326 e. The normalized spacial score (nSPS) is 11.9. The molecule has 12 heteroatoms. The molecule has 0 spiro atoms. The van der Waals surface area contributed by atoms with Gasteiger partial charge in [0.15, 0.2) is 11.2 Å². The number of aromatic amines is 1. The molecule has 0 bridgehead atoms. The fourth-order valence-electron chi connectivity index (χ4n) is 3.72. The number of aromatic nitrogens is 4. The van der Waals surface area contributed by atoms with Crippen molar-refractivity contribution in [1.29, 1.82) is 0 Å². The van der Waals surface area contributed by atoms with Crippen molar-refractivity contribution in [3.8, 4) is 0 Å². The van der Waals surface area contributed by atoms with Gasteiger partial charge in [0.25, 0.3) is 11.5 Å². The number of carboxylic acids is 1. The Bertz CT molecular complexity index is 1300. The summed E-state index contributed by atoms with van der Waals surface area (Å²) < 4.78 is 0. The van der Waals surface area contributed by atoms with Crippen molar-refractivity contribution in [1.82, 2.24) is 25.3 Å². The second-order valence-corrected chi connectivity index (χ2v) is 8.30. The quantitative estimate of drug-likeness (QED) is 0.248. The summed E-state index contributed by atoms with van der Waals surface area (Å²) in [4.78, 5) is 63.1. The second kappa shape index (κ2) is 11.9. The first-order chi connectivity index (χ1) is 17.2. The third kappa shape index (κ3) is 6.62. The minimum absolute atomic E-state index is 0.0111. The number of aliphatic carboxylic acids is 1. The van der Waals surface area contributed by atoms with Crippen LogP contribution in [0.2, 0.25) is 0 Å². The number of fused-ring (bicyclic) bond motifs is 1. The molecule has 3 aromatic rings. The molecule has 1 amide bonds. The molecule has 2 heterocycles. The number of carboxylic acid groups (broad SMARTS) is 1. The molecule has 0 saturated heterocycles. The molecule has 6 N–H and O–H groups in total. The number of nitrogens with one attached hydrogen (secondary N) is 3. The lowest BCUT2D eigenvalue weighted by Gasteiger charge is -2.16. The highest BCUT2D eigenvalue weighted by atomic mass is 16.4. The maximum absolute atomic E-state index is 12.6. The van der Waals surface area contributed by atoms with E-state index in [4.69, 9.17) is 5.73 Å². The van der Waals surface area contributed by atoms with Gasteiger partial charge < -0.3 is 21.5 Å². The molecule has 1 atom stereocenters. The number of rotatable bonds is 12. The van der Waals surface area contributed by atoms with Crippen molar-refractivity contribution < 1.29 is 19.5 Å². The number of amides is 1. The van der Waals surface area contributed by atoms with Crippen molar-refractivity contribution in [2.24, 2.45) is 5.92 Å². The summed E-state index contributed by atoms with van der Waals surface area (Å²) >= 11 is 0. The Kier molecular flexibility index (Phi) is 8.66. The molecule has 1 unspecified atom stereocenters. The van der Waals surface area contributed by atoms with E-state index in [-0.39, 0.29) is 53.8 Å². The van der Waals surface area contributed by atoms with Gasteiger partial charge in [0.2, 0.25) is 5.95 Å². The first-order valence-electron chi connectivity index (χ1n) is 11.6. The zero-order valence-electron chi connectivity index (χ0n) is 20.1. The predicted molar refractivity (Wildman–Crippen MR) is 133 cm³/mol. The molecule has 36 heavy (non-hydrogen) atoms. The highest BCUT2D eigenvalue weighted by Crippen LogP contribution is 2.15. The number of carbonyl (C=O) groups excluding carboxylic acids is 2. The lowest BCUT2D eigenvalue weighted by Crippen LogP contribution is -2.41. The summed E-state index contributed by atoms with van der Waals surface area (Å²) in [5.74, 6) is -1.85. The van der Waals surface area contributed by atoms with Crippen LogP contribution < -0.4 is 21.9 Å². The predicted octanol–water partition coefficient (Wildman–Crippen LogP) is 1.88. The summed E-state index contributed by atoms with van der Waals surface area (Å²) in [6.07, 6.45) is 3.02. The average Bonchev–Trinajstić information content (AvgIpc) is 2.86. The van der Waals surface area contributed by atoms with Crippen LogP contribution in [0, 0.1) is 5.92 Å². The van der Waals surface area contributed by atoms with Crippen LogP contribution in [0.3, 0.4) is 0 Å². The van der Waals surface area contributed by atoms with Crippen molar-refractivity contribution in [2.45, 2.75) is 52.1 Å². The summed E-state index contributed by atoms with van der Waals surface area (Å²) in [7, 11) is 0. The molecule has 3 rings (SSSR count). The monoisotopic (exact) mass is 495 g/mol. The Balaban J connectivity index is 1.58. The summed E-state index contributed by atoms with van der Waals surface area (Å²) in [6.45, 7) is 4.10. The van der Waals surface area contributed by atoms with Crippen molar-refractivity contribution in [3.05, 3.63) is 52.1 Å². The van der Waals surface area contributed by atoms with Crippen LogP contribution in [-0.2, 0) is 16.1 Å². The van der Waals surface area contributed by atoms with E-state index in [1.807, 2.05) is 13.8 Å². The maximum Gasteiger partial charge on any atom is 0.326 e. The molecule has 0 fully saturated rings. The van der Waals surface area contributed by atoms with Crippen LogP contribution in [0.5, 0.6) is 0 Å². The third-order valence-electron chi connectivity index (χ3n) is 5.83. The van der Waals surface area contributed by atoms with Gasteiger partial charge in [-0.3, -0.25) is 19.4 Å². The van der Waals surface area contributed by atoms with E-state index in [9.17, 15) is 24.3 Å². The van der Waals surface area contributed by atoms with Gasteiger partial charge in [-0.05, 0) is 43.5 Å². The van der Waals surface area contributed by atoms with E-state index in [0.717, 1.165) is 0 Å². The Morgan fingerprint density at radius 2 is 1.81 bits per heavy atom. The van der Waals surface area contributed by atoms with Crippen molar-refractivity contribution in [2.75, 3.05) is 11.1 Å². The molecular weight excluding hydrogens is 466 g/mol. The second-order valence-electron chi connectivity index (χ2n) is 8.30. The van der Waals surface area contributed by atoms with E-state index in [1.54, 1.807) is 24.3 Å². The molecule has 12 nitrogen and oxygen atoms in total. The SMILES string of the molecule is CCC(CC)C(=O)CCC(NC(=O)c1ccc(NCc2cnc3nc(N)[nH]c(=O)c3n2)cc1)C(=O)O. The van der Waals surface area contributed by atoms with Gasteiger partial charge in [0.1, 0.15) is 11.8 Å². The standard InChI is InChI=1S/C24H29N7O5/c1-3-13(4-2)18(32)10-9-17(23(35)36)29-21(33)14-5-7-15(8-6-14)26-11-16-12-27-20-19(28-16)22(34)31-24(25)30-20/h5-8,12-13,17,26H,3-4,9-11H2,1-2H3,(H,29,33)(H,35,36)(H3,25,27,30,31,34). The molecule has 0 aliphatic heterocycles. The van der Waals surface area contributed by atoms with Gasteiger partial charge >= 0.3 is 5.97 Å². The maximum atomic E-state index is 12.6. The molecule has 0 radical (unpaired) electrons. The number of hydrogen-bond acceptors (Lipinski definition) is 9. The highest BCUT2D eigenvalue weighted by molar-refractivity contribution is 5.97. The van der Waals surface area contributed by atoms with Crippen molar-refractivity contribution in [3.63, 3.8) is 0 Å². The molecule has 2 aromatic heterocycles. The number of carbonyl (C=O) groups is 3. The van der Waals surface area contributed by atoms with E-state index >= 15 is 0 Å². The topological polar surface area (TPSA) is 193 Å². The van der Waals surface area contributed by atoms with Crippen LogP contribution >= 0.6 is 0 Å². The Morgan fingerprint density at radius 3 is 2.44 bits per heavy atom. The number of ketones is 1. The van der Waals surface area contributed by atoms with Gasteiger partial charge in [0, 0.05) is 23.6 Å². The Labute approximate surface area is 206 Å². The molecule has 190 valence electrons. The summed E-state index contributed by atoms with van der Waals surface area (Å²) in [5.41, 5.74) is 6.68. The van der Waals surface area contributed by atoms with E-state index in [2.05, 4.69) is 30.6 Å². The number of nitrogens with zero attached hydrogens (tertiary/aromatic N) is 3. The number of benzene rings is 1. The van der Waals surface area contributed by atoms with Crippen LogP contribution in [0.15, 0.2) is 35.3 Å². The Morgan fingerprint density at radius 1 is 1.11 bits per heavy atom. The highest BCUT2D eigenvalue weighted by Gasteiger charge is 2.23. The zero-order chi connectivity index (χ0) is 26.2. The number of hydrogen-bond donors (Lipinski definition) is 5. The molecular formula is C24H29N7O5. The molecule has 0 saturated carbocycles. The molecule has 0 aliphatic rings. The van der Waals surface area contributed by atoms with E-state index in [1.165, 1.54) is 6.20 Å². The Hall–Kier alpha value is -4.35. The van der Waals surface area contributed by atoms with Gasteiger partial charge in [0.05, 0.1) is 18.4 Å². The van der Waals surface area contributed by atoms with Gasteiger partial charge in [-0.15, -0.1) is 0 Å². The summed E-state index contributed by atoms with van der Waals surface area (Å²) in [5, 5.41) is 15.1. The zero-order valence-corrected chi connectivity index (χ0v) is 20.1. The lowest BCUT2D eigenvalue weighted by molar-refractivity contribution is -0.139. The van der Waals surface area contributed by atoms with Crippen molar-refractivity contribution >= 4 is 40.5 Å². The number of Topliss-reactive ketones (excluding diaryl/α,β-unsaturated/α-hetero) is 1. The number of H-pyrrole nitrogens is 1. The molecule has 1 aromatic carbocycles. The first-order valence-corrected chi connectivity index (χ1v) is 11.6. The number of nitrogen functional groups attached to an aromatic ring is 1.